The highest BCUT2D eigenvalue weighted by atomic mass is 35.5. The van der Waals surface area contributed by atoms with Crippen LogP contribution in [-0.2, 0) is 4.79 Å². The number of halogens is 1. The van der Waals surface area contributed by atoms with Gasteiger partial charge in [-0.1, -0.05) is 23.7 Å². The van der Waals surface area contributed by atoms with Crippen LogP contribution in [-0.4, -0.2) is 23.6 Å². The first-order chi connectivity index (χ1) is 11.8. The molecule has 7 heteroatoms. The summed E-state index contributed by atoms with van der Waals surface area (Å²) in [6.07, 6.45) is 1.51. The fourth-order valence-corrected chi connectivity index (χ4v) is 2.36. The Hall–Kier alpha value is -2.86. The summed E-state index contributed by atoms with van der Waals surface area (Å²) in [7, 11) is 0. The lowest BCUT2D eigenvalue weighted by Gasteiger charge is -2.31. The van der Waals surface area contributed by atoms with E-state index in [2.05, 4.69) is 15.8 Å². The van der Waals surface area contributed by atoms with Gasteiger partial charge in [0.2, 0.25) is 0 Å². The Bertz CT molecular complexity index is 860. The van der Waals surface area contributed by atoms with Crippen molar-refractivity contribution >= 4 is 35.3 Å². The zero-order valence-electron chi connectivity index (χ0n) is 13.7. The molecule has 128 valence electrons. The molecule has 0 saturated heterocycles. The first-order valence-corrected chi connectivity index (χ1v) is 7.96. The van der Waals surface area contributed by atoms with Crippen LogP contribution in [0.3, 0.4) is 0 Å². The van der Waals surface area contributed by atoms with Crippen molar-refractivity contribution in [3.05, 3.63) is 58.6 Å². The van der Waals surface area contributed by atoms with E-state index in [0.717, 1.165) is 5.56 Å². The quantitative estimate of drug-likeness (QED) is 0.654. The molecule has 1 heterocycles. The molecule has 0 atom stereocenters. The molecule has 0 radical (unpaired) electrons. The number of amides is 2. The Labute approximate surface area is 149 Å². The minimum Gasteiger partial charge on any atom is -0.476 e. The van der Waals surface area contributed by atoms with E-state index in [0.29, 0.717) is 22.0 Å². The van der Waals surface area contributed by atoms with E-state index in [9.17, 15) is 9.59 Å². The van der Waals surface area contributed by atoms with Crippen molar-refractivity contribution in [1.82, 2.24) is 5.43 Å². The molecule has 6 nitrogen and oxygen atoms in total. The molecule has 0 saturated carbocycles. The Kier molecular flexibility index (Phi) is 4.46. The van der Waals surface area contributed by atoms with Crippen molar-refractivity contribution in [3.8, 4) is 5.75 Å². The highest BCUT2D eigenvalue weighted by Crippen LogP contribution is 2.34. The van der Waals surface area contributed by atoms with E-state index in [-0.39, 0.29) is 5.91 Å². The van der Waals surface area contributed by atoms with Gasteiger partial charge in [0.05, 0.1) is 11.9 Å². The number of carbonyl (C=O) groups excluding carboxylic acids is 2. The number of ether oxygens (including phenoxy) is 1. The van der Waals surface area contributed by atoms with Crippen molar-refractivity contribution in [2.45, 2.75) is 19.4 Å². The zero-order valence-corrected chi connectivity index (χ0v) is 14.4. The number of nitrogens with one attached hydrogen (secondary N) is 2. The third kappa shape index (κ3) is 3.80. The minimum atomic E-state index is -0.945. The molecule has 0 bridgehead atoms. The van der Waals surface area contributed by atoms with Crippen LogP contribution in [0.5, 0.6) is 5.75 Å². The largest absolute Gasteiger partial charge is 0.476 e. The number of hydrazone groups is 1. The lowest BCUT2D eigenvalue weighted by Crippen LogP contribution is -2.45. The lowest BCUT2D eigenvalue weighted by atomic mass is 10.0. The smallest absolute Gasteiger partial charge is 0.271 e. The second-order valence-corrected chi connectivity index (χ2v) is 6.46. The normalized spacial score (nSPS) is 15.2. The first kappa shape index (κ1) is 17.0. The van der Waals surface area contributed by atoms with E-state index in [4.69, 9.17) is 16.3 Å². The second kappa shape index (κ2) is 6.57. The average Bonchev–Trinajstić information content (AvgIpc) is 2.57. The molecule has 2 aromatic carbocycles. The van der Waals surface area contributed by atoms with Crippen molar-refractivity contribution in [2.24, 2.45) is 5.10 Å². The van der Waals surface area contributed by atoms with Gasteiger partial charge in [-0.2, -0.15) is 5.10 Å². The van der Waals surface area contributed by atoms with Gasteiger partial charge in [-0.25, -0.2) is 5.43 Å². The Morgan fingerprint density at radius 2 is 1.96 bits per heavy atom. The van der Waals surface area contributed by atoms with E-state index in [1.807, 2.05) is 0 Å². The molecule has 0 aromatic heterocycles. The van der Waals surface area contributed by atoms with Gasteiger partial charge in [-0.3, -0.25) is 9.59 Å². The highest BCUT2D eigenvalue weighted by Gasteiger charge is 2.35. The average molecular weight is 358 g/mol. The molecular formula is C18H16ClN3O3. The fraction of sp³-hybridized carbons (Fsp3) is 0.167. The van der Waals surface area contributed by atoms with E-state index >= 15 is 0 Å². The molecular weight excluding hydrogens is 342 g/mol. The van der Waals surface area contributed by atoms with Crippen LogP contribution in [0.15, 0.2) is 47.6 Å². The zero-order chi connectivity index (χ0) is 18.0. The molecule has 0 unspecified atom stereocenters. The number of anilines is 1. The van der Waals surface area contributed by atoms with Gasteiger partial charge in [0, 0.05) is 10.6 Å². The van der Waals surface area contributed by atoms with Crippen LogP contribution in [0.1, 0.15) is 29.8 Å². The van der Waals surface area contributed by atoms with Gasteiger partial charge >= 0.3 is 0 Å². The Balaban J connectivity index is 1.70. The van der Waals surface area contributed by atoms with Crippen molar-refractivity contribution < 1.29 is 14.3 Å². The fourth-order valence-electron chi connectivity index (χ4n) is 2.23. The van der Waals surface area contributed by atoms with E-state index in [1.54, 1.807) is 56.3 Å². The molecule has 0 aliphatic carbocycles. The summed E-state index contributed by atoms with van der Waals surface area (Å²) in [6, 6.07) is 11.8. The standard InChI is InChI=1S/C18H16ClN3O3/c1-18(2)17(24)21-14-9-12(5-8-15(14)25-18)16(23)22-20-10-11-3-6-13(19)7-4-11/h3-10H,1-2H3,(H,21,24)(H,22,23)/b20-10-. The molecule has 0 spiro atoms. The summed E-state index contributed by atoms with van der Waals surface area (Å²) in [5.41, 5.74) is 3.11. The van der Waals surface area contributed by atoms with Crippen molar-refractivity contribution in [1.29, 1.82) is 0 Å². The van der Waals surface area contributed by atoms with Crippen LogP contribution in [0.25, 0.3) is 0 Å². The Morgan fingerprint density at radius 1 is 1.24 bits per heavy atom. The molecule has 1 aliphatic heterocycles. The van der Waals surface area contributed by atoms with E-state index < -0.39 is 11.5 Å². The molecule has 3 rings (SSSR count). The third-order valence-corrected chi connectivity index (χ3v) is 3.90. The predicted octanol–water partition coefficient (Wildman–Crippen LogP) is 3.21. The van der Waals surface area contributed by atoms with E-state index in [1.165, 1.54) is 6.21 Å². The maximum absolute atomic E-state index is 12.2. The number of hydrogen-bond donors (Lipinski definition) is 2. The lowest BCUT2D eigenvalue weighted by molar-refractivity contribution is -0.129. The summed E-state index contributed by atoms with van der Waals surface area (Å²) in [4.78, 5) is 24.1. The van der Waals surface area contributed by atoms with Gasteiger partial charge in [0.1, 0.15) is 5.75 Å². The molecule has 2 aromatic rings. The first-order valence-electron chi connectivity index (χ1n) is 7.59. The maximum atomic E-state index is 12.2. The summed E-state index contributed by atoms with van der Waals surface area (Å²) in [5, 5.41) is 7.28. The maximum Gasteiger partial charge on any atom is 0.271 e. The van der Waals surface area contributed by atoms with Gasteiger partial charge in [0.15, 0.2) is 5.60 Å². The van der Waals surface area contributed by atoms with Crippen LogP contribution >= 0.6 is 11.6 Å². The summed E-state index contributed by atoms with van der Waals surface area (Å²) < 4.78 is 5.63. The highest BCUT2D eigenvalue weighted by molar-refractivity contribution is 6.30. The number of carbonyl (C=O) groups is 2. The van der Waals surface area contributed by atoms with Crippen molar-refractivity contribution in [2.75, 3.05) is 5.32 Å². The summed E-state index contributed by atoms with van der Waals surface area (Å²) in [5.74, 6) is -0.142. The summed E-state index contributed by atoms with van der Waals surface area (Å²) >= 11 is 5.81. The second-order valence-electron chi connectivity index (χ2n) is 6.03. The SMILES string of the molecule is CC1(C)Oc2ccc(C(=O)N/N=C\c3ccc(Cl)cc3)cc2NC1=O. The minimum absolute atomic E-state index is 0.265. The number of nitrogens with zero attached hydrogens (tertiary/aromatic N) is 1. The number of benzene rings is 2. The number of hydrogen-bond acceptors (Lipinski definition) is 4. The van der Waals surface area contributed by atoms with Gasteiger partial charge < -0.3 is 10.1 Å². The number of rotatable bonds is 3. The number of fused-ring (bicyclic) bond motifs is 1. The third-order valence-electron chi connectivity index (χ3n) is 3.65. The van der Waals surface area contributed by atoms with Crippen molar-refractivity contribution in [3.63, 3.8) is 0 Å². The van der Waals surface area contributed by atoms with Gasteiger partial charge in [0.25, 0.3) is 11.8 Å². The molecule has 0 fully saturated rings. The summed E-state index contributed by atoms with van der Waals surface area (Å²) in [6.45, 7) is 3.36. The predicted molar refractivity (Wildman–Crippen MR) is 96.3 cm³/mol. The van der Waals surface area contributed by atoms with Crippen LogP contribution < -0.4 is 15.5 Å². The Morgan fingerprint density at radius 3 is 2.68 bits per heavy atom. The monoisotopic (exact) mass is 357 g/mol. The topological polar surface area (TPSA) is 79.8 Å². The van der Waals surface area contributed by atoms with Gasteiger partial charge in [-0.05, 0) is 49.7 Å². The van der Waals surface area contributed by atoms with Crippen LogP contribution in [0, 0.1) is 0 Å². The van der Waals surface area contributed by atoms with Gasteiger partial charge in [-0.15, -0.1) is 0 Å². The molecule has 2 amide bonds. The molecule has 25 heavy (non-hydrogen) atoms. The van der Waals surface area contributed by atoms with Crippen LogP contribution in [0.4, 0.5) is 5.69 Å². The molecule has 1 aliphatic rings. The molecule has 2 N–H and O–H groups in total. The van der Waals surface area contributed by atoms with Crippen LogP contribution in [0.2, 0.25) is 5.02 Å².